The molecule has 1 saturated heterocycles. The van der Waals surface area contributed by atoms with Crippen molar-refractivity contribution in [2.24, 2.45) is 5.73 Å². The van der Waals surface area contributed by atoms with Crippen LogP contribution in [-0.2, 0) is 6.18 Å². The van der Waals surface area contributed by atoms with Crippen LogP contribution in [0.2, 0.25) is 0 Å². The van der Waals surface area contributed by atoms with Gasteiger partial charge in [-0.05, 0) is 30.7 Å². The average Bonchev–Trinajstić information content (AvgIpc) is 2.69. The monoisotopic (exact) mass is 258 g/mol. The van der Waals surface area contributed by atoms with Crippen molar-refractivity contribution in [1.29, 1.82) is 0 Å². The Morgan fingerprint density at radius 3 is 2.72 bits per heavy atom. The first-order valence-corrected chi connectivity index (χ1v) is 6.10. The molecule has 5 heteroatoms. The summed E-state index contributed by atoms with van der Waals surface area (Å²) in [5, 5.41) is 0. The van der Waals surface area contributed by atoms with Crippen LogP contribution in [0.4, 0.5) is 13.2 Å². The zero-order chi connectivity index (χ0) is 13.3. The van der Waals surface area contributed by atoms with Gasteiger partial charge in [-0.1, -0.05) is 19.1 Å². The van der Waals surface area contributed by atoms with Crippen LogP contribution in [0.1, 0.15) is 30.5 Å². The first-order chi connectivity index (χ1) is 8.43. The summed E-state index contributed by atoms with van der Waals surface area (Å²) in [7, 11) is 0. The number of hydrogen-bond acceptors (Lipinski definition) is 2. The lowest BCUT2D eigenvalue weighted by Crippen LogP contribution is -2.31. The van der Waals surface area contributed by atoms with Gasteiger partial charge in [-0.25, -0.2) is 0 Å². The lowest BCUT2D eigenvalue weighted by molar-refractivity contribution is -0.137. The Bertz CT molecular complexity index is 417. The van der Waals surface area contributed by atoms with Gasteiger partial charge < -0.3 is 5.73 Å². The van der Waals surface area contributed by atoms with Crippen molar-refractivity contribution in [2.75, 3.05) is 13.1 Å². The van der Waals surface area contributed by atoms with Crippen molar-refractivity contribution in [3.8, 4) is 0 Å². The van der Waals surface area contributed by atoms with E-state index >= 15 is 0 Å². The van der Waals surface area contributed by atoms with Gasteiger partial charge in [-0.15, -0.1) is 0 Å². The fourth-order valence-corrected chi connectivity index (χ4v) is 2.59. The Balaban J connectivity index is 2.33. The quantitative estimate of drug-likeness (QED) is 0.883. The molecule has 1 aromatic carbocycles. The Kier molecular flexibility index (Phi) is 3.64. The standard InChI is InChI=1S/C13H17F3N2/c1-2-18-7-6-11(17)12(18)9-4-3-5-10(8-9)13(14,15)16/h3-5,8,11-12H,2,6-7,17H2,1H3. The zero-order valence-corrected chi connectivity index (χ0v) is 10.2. The van der Waals surface area contributed by atoms with Gasteiger partial charge >= 0.3 is 6.18 Å². The van der Waals surface area contributed by atoms with Crippen LogP contribution in [0, 0.1) is 0 Å². The van der Waals surface area contributed by atoms with Crippen LogP contribution in [0.3, 0.4) is 0 Å². The van der Waals surface area contributed by atoms with Crippen LogP contribution in [-0.4, -0.2) is 24.0 Å². The lowest BCUT2D eigenvalue weighted by Gasteiger charge is -2.26. The second kappa shape index (κ2) is 4.90. The van der Waals surface area contributed by atoms with E-state index < -0.39 is 11.7 Å². The molecular formula is C13H17F3N2. The predicted octanol–water partition coefficient (Wildman–Crippen LogP) is 2.80. The number of likely N-dealkylation sites (N-methyl/N-ethyl adjacent to an activating group) is 1. The molecule has 2 unspecified atom stereocenters. The summed E-state index contributed by atoms with van der Waals surface area (Å²) in [5.41, 5.74) is 6.08. The van der Waals surface area contributed by atoms with E-state index in [1.807, 2.05) is 6.92 Å². The molecule has 1 fully saturated rings. The zero-order valence-electron chi connectivity index (χ0n) is 10.2. The molecule has 0 bridgehead atoms. The Labute approximate surface area is 105 Å². The van der Waals surface area contributed by atoms with E-state index in [1.165, 1.54) is 12.1 Å². The maximum Gasteiger partial charge on any atom is 0.416 e. The van der Waals surface area contributed by atoms with E-state index in [4.69, 9.17) is 5.73 Å². The summed E-state index contributed by atoms with van der Waals surface area (Å²) in [6.07, 6.45) is -3.47. The SMILES string of the molecule is CCN1CCC(N)C1c1cccc(C(F)(F)F)c1. The molecule has 2 atom stereocenters. The van der Waals surface area contributed by atoms with Crippen molar-refractivity contribution in [2.45, 2.75) is 31.6 Å². The molecule has 2 N–H and O–H groups in total. The second-order valence-electron chi connectivity index (χ2n) is 4.65. The summed E-state index contributed by atoms with van der Waals surface area (Å²) in [5.74, 6) is 0. The summed E-state index contributed by atoms with van der Waals surface area (Å²) < 4.78 is 38.1. The molecule has 1 aliphatic heterocycles. The number of nitrogens with two attached hydrogens (primary N) is 1. The van der Waals surface area contributed by atoms with Gasteiger partial charge in [0.05, 0.1) is 5.56 Å². The lowest BCUT2D eigenvalue weighted by atomic mass is 9.98. The van der Waals surface area contributed by atoms with Crippen LogP contribution in [0.15, 0.2) is 24.3 Å². The first-order valence-electron chi connectivity index (χ1n) is 6.10. The van der Waals surface area contributed by atoms with E-state index in [0.29, 0.717) is 5.56 Å². The molecule has 1 heterocycles. The highest BCUT2D eigenvalue weighted by Gasteiger charge is 2.35. The van der Waals surface area contributed by atoms with Gasteiger partial charge in [0.25, 0.3) is 0 Å². The Hall–Kier alpha value is -1.07. The summed E-state index contributed by atoms with van der Waals surface area (Å²) in [6.45, 7) is 3.64. The minimum atomic E-state index is -4.30. The van der Waals surface area contributed by atoms with Gasteiger partial charge in [-0.3, -0.25) is 4.90 Å². The molecule has 18 heavy (non-hydrogen) atoms. The van der Waals surface area contributed by atoms with Gasteiger partial charge in [0, 0.05) is 18.6 Å². The molecule has 0 amide bonds. The van der Waals surface area contributed by atoms with Gasteiger partial charge in [0.2, 0.25) is 0 Å². The van der Waals surface area contributed by atoms with Crippen LogP contribution >= 0.6 is 0 Å². The van der Waals surface area contributed by atoms with Crippen molar-refractivity contribution >= 4 is 0 Å². The van der Waals surface area contributed by atoms with E-state index in [9.17, 15) is 13.2 Å². The molecule has 0 radical (unpaired) electrons. The number of rotatable bonds is 2. The minimum Gasteiger partial charge on any atom is -0.326 e. The third kappa shape index (κ3) is 2.52. The Morgan fingerprint density at radius 1 is 1.39 bits per heavy atom. The van der Waals surface area contributed by atoms with Gasteiger partial charge in [-0.2, -0.15) is 13.2 Å². The first kappa shape index (κ1) is 13.4. The summed E-state index contributed by atoms with van der Waals surface area (Å²) in [4.78, 5) is 2.13. The molecule has 0 aliphatic carbocycles. The molecular weight excluding hydrogens is 241 g/mol. The molecule has 0 saturated carbocycles. The minimum absolute atomic E-state index is 0.0894. The van der Waals surface area contributed by atoms with Gasteiger partial charge in [0.15, 0.2) is 0 Å². The summed E-state index contributed by atoms with van der Waals surface area (Å²) in [6, 6.07) is 5.31. The van der Waals surface area contributed by atoms with E-state index in [1.54, 1.807) is 6.07 Å². The van der Waals surface area contributed by atoms with E-state index in [2.05, 4.69) is 4.90 Å². The third-order valence-corrected chi connectivity index (χ3v) is 3.51. The van der Waals surface area contributed by atoms with Crippen LogP contribution in [0.25, 0.3) is 0 Å². The molecule has 1 aromatic rings. The smallest absolute Gasteiger partial charge is 0.326 e. The predicted molar refractivity (Wildman–Crippen MR) is 64.0 cm³/mol. The van der Waals surface area contributed by atoms with E-state index in [0.717, 1.165) is 25.6 Å². The summed E-state index contributed by atoms with van der Waals surface area (Å²) >= 11 is 0. The highest BCUT2D eigenvalue weighted by molar-refractivity contribution is 5.29. The number of alkyl halides is 3. The number of halogens is 3. The van der Waals surface area contributed by atoms with Crippen molar-refractivity contribution in [1.82, 2.24) is 4.90 Å². The number of benzene rings is 1. The highest BCUT2D eigenvalue weighted by Crippen LogP contribution is 2.35. The largest absolute Gasteiger partial charge is 0.416 e. The molecule has 0 spiro atoms. The number of nitrogens with zero attached hydrogens (tertiary/aromatic N) is 1. The third-order valence-electron chi connectivity index (χ3n) is 3.51. The molecule has 2 nitrogen and oxygen atoms in total. The van der Waals surface area contributed by atoms with Gasteiger partial charge in [0.1, 0.15) is 0 Å². The molecule has 100 valence electrons. The molecule has 0 aromatic heterocycles. The average molecular weight is 258 g/mol. The van der Waals surface area contributed by atoms with Crippen LogP contribution < -0.4 is 5.73 Å². The highest BCUT2D eigenvalue weighted by atomic mass is 19.4. The second-order valence-corrected chi connectivity index (χ2v) is 4.65. The molecule has 2 rings (SSSR count). The van der Waals surface area contributed by atoms with Crippen molar-refractivity contribution in [3.63, 3.8) is 0 Å². The number of likely N-dealkylation sites (tertiary alicyclic amines) is 1. The van der Waals surface area contributed by atoms with Crippen molar-refractivity contribution < 1.29 is 13.2 Å². The van der Waals surface area contributed by atoms with Crippen LogP contribution in [0.5, 0.6) is 0 Å². The maximum absolute atomic E-state index is 12.7. The van der Waals surface area contributed by atoms with Crippen molar-refractivity contribution in [3.05, 3.63) is 35.4 Å². The van der Waals surface area contributed by atoms with E-state index in [-0.39, 0.29) is 12.1 Å². The maximum atomic E-state index is 12.7. The topological polar surface area (TPSA) is 29.3 Å². The normalized spacial score (nSPS) is 25.6. The molecule has 1 aliphatic rings. The fourth-order valence-electron chi connectivity index (χ4n) is 2.59. The number of hydrogen-bond donors (Lipinski definition) is 1. The Morgan fingerprint density at radius 2 is 2.11 bits per heavy atom. The fraction of sp³-hybridized carbons (Fsp3) is 0.538.